The summed E-state index contributed by atoms with van der Waals surface area (Å²) in [4.78, 5) is 29.3. The predicted octanol–water partition coefficient (Wildman–Crippen LogP) is 4.84. The summed E-state index contributed by atoms with van der Waals surface area (Å²) in [6.45, 7) is 0. The highest BCUT2D eigenvalue weighted by molar-refractivity contribution is 7.18. The van der Waals surface area contributed by atoms with Crippen molar-refractivity contribution in [2.75, 3.05) is 5.32 Å². The second kappa shape index (κ2) is 7.22. The van der Waals surface area contributed by atoms with Gasteiger partial charge < -0.3 is 15.4 Å². The summed E-state index contributed by atoms with van der Waals surface area (Å²) < 4.78 is 38.6. The van der Waals surface area contributed by atoms with Crippen molar-refractivity contribution >= 4 is 33.1 Å². The van der Waals surface area contributed by atoms with Gasteiger partial charge in [-0.15, -0.1) is 11.3 Å². The first-order chi connectivity index (χ1) is 13.8. The maximum atomic E-state index is 12.9. The molecule has 0 atom stereocenters. The first kappa shape index (κ1) is 19.5. The molecule has 0 saturated carbocycles. The van der Waals surface area contributed by atoms with Gasteiger partial charge in [-0.25, -0.2) is 0 Å². The van der Waals surface area contributed by atoms with E-state index >= 15 is 0 Å². The smallest absolute Gasteiger partial charge is 0.416 e. The number of amides is 1. The summed E-state index contributed by atoms with van der Waals surface area (Å²) in [7, 11) is 0. The molecule has 0 unspecified atom stereocenters. The quantitative estimate of drug-likeness (QED) is 0.517. The second-order valence-corrected chi connectivity index (χ2v) is 8.08. The Balaban J connectivity index is 1.75. The summed E-state index contributed by atoms with van der Waals surface area (Å²) in [5.74, 6) is -1.38. The average Bonchev–Trinajstić information content (AvgIpc) is 2.82. The van der Waals surface area contributed by atoms with Crippen LogP contribution < -0.4 is 10.9 Å². The number of fused-ring (bicyclic) bond motifs is 3. The van der Waals surface area contributed by atoms with E-state index in [2.05, 4.69) is 10.3 Å². The predicted molar refractivity (Wildman–Crippen MR) is 105 cm³/mol. The number of alkyl halides is 3. The lowest BCUT2D eigenvalue weighted by molar-refractivity contribution is -0.137. The van der Waals surface area contributed by atoms with Crippen molar-refractivity contribution < 1.29 is 23.1 Å². The molecule has 29 heavy (non-hydrogen) atoms. The number of hydrogen-bond donors (Lipinski definition) is 3. The maximum absolute atomic E-state index is 12.9. The molecule has 4 rings (SSSR count). The third-order valence-electron chi connectivity index (χ3n) is 5.02. The summed E-state index contributed by atoms with van der Waals surface area (Å²) >= 11 is 1.40. The number of carbonyl (C=O) groups is 1. The number of thiophene rings is 1. The average molecular weight is 422 g/mol. The number of aromatic nitrogens is 1. The number of H-pyrrole nitrogens is 1. The first-order valence-electron chi connectivity index (χ1n) is 9.14. The number of aromatic amines is 1. The number of hydrogen-bond acceptors (Lipinski definition) is 4. The molecule has 1 aromatic carbocycles. The van der Waals surface area contributed by atoms with Crippen LogP contribution in [0.2, 0.25) is 0 Å². The van der Waals surface area contributed by atoms with Crippen LogP contribution in [-0.4, -0.2) is 16.0 Å². The zero-order chi connectivity index (χ0) is 20.8. The summed E-state index contributed by atoms with van der Waals surface area (Å²) in [5.41, 5.74) is -1.39. The minimum Gasteiger partial charge on any atom is -0.506 e. The molecule has 2 aromatic heterocycles. The molecule has 1 amide bonds. The summed E-state index contributed by atoms with van der Waals surface area (Å²) in [6.07, 6.45) is 0.0613. The fraction of sp³-hybridized carbons (Fsp3) is 0.300. The van der Waals surface area contributed by atoms with Crippen LogP contribution in [-0.2, 0) is 19.0 Å². The number of aryl methyl sites for hydroxylation is 2. The Morgan fingerprint density at radius 2 is 1.93 bits per heavy atom. The third kappa shape index (κ3) is 3.62. The molecule has 0 spiro atoms. The van der Waals surface area contributed by atoms with Crippen molar-refractivity contribution in [3.63, 3.8) is 0 Å². The molecule has 0 saturated heterocycles. The maximum Gasteiger partial charge on any atom is 0.416 e. The molecular formula is C20H17F3N2O3S. The lowest BCUT2D eigenvalue weighted by Crippen LogP contribution is -2.23. The van der Waals surface area contributed by atoms with Gasteiger partial charge in [0, 0.05) is 10.6 Å². The van der Waals surface area contributed by atoms with Crippen molar-refractivity contribution in [2.24, 2.45) is 0 Å². The number of carbonyl (C=O) groups excluding carboxylic acids is 1. The second-order valence-electron chi connectivity index (χ2n) is 6.98. The molecule has 0 fully saturated rings. The number of anilines is 1. The molecule has 1 aliphatic rings. The van der Waals surface area contributed by atoms with Gasteiger partial charge in [-0.2, -0.15) is 13.2 Å². The number of halogens is 3. The van der Waals surface area contributed by atoms with E-state index in [4.69, 9.17) is 0 Å². The van der Waals surface area contributed by atoms with Gasteiger partial charge in [0.15, 0.2) is 0 Å². The van der Waals surface area contributed by atoms with Gasteiger partial charge in [0.1, 0.15) is 16.1 Å². The largest absolute Gasteiger partial charge is 0.506 e. The Morgan fingerprint density at radius 1 is 1.17 bits per heavy atom. The highest BCUT2D eigenvalue weighted by atomic mass is 32.1. The van der Waals surface area contributed by atoms with Gasteiger partial charge in [-0.3, -0.25) is 9.59 Å². The SMILES string of the molecule is O=C(Nc1cccc(C(F)(F)F)c1)c1c(O)c2c3c(sc2[nH]c1=O)CCCCC3. The van der Waals surface area contributed by atoms with E-state index in [0.29, 0.717) is 10.2 Å². The van der Waals surface area contributed by atoms with Crippen molar-refractivity contribution in [3.8, 4) is 5.75 Å². The minimum atomic E-state index is -4.56. The molecule has 152 valence electrons. The third-order valence-corrected chi connectivity index (χ3v) is 6.23. The van der Waals surface area contributed by atoms with E-state index in [1.807, 2.05) is 0 Å². The van der Waals surface area contributed by atoms with E-state index in [-0.39, 0.29) is 5.69 Å². The number of aromatic hydroxyl groups is 1. The van der Waals surface area contributed by atoms with Gasteiger partial charge in [0.05, 0.1) is 10.9 Å². The van der Waals surface area contributed by atoms with Gasteiger partial charge in [0.25, 0.3) is 11.5 Å². The fourth-order valence-electron chi connectivity index (χ4n) is 3.66. The normalized spacial score (nSPS) is 14.4. The zero-order valence-electron chi connectivity index (χ0n) is 15.2. The summed E-state index contributed by atoms with van der Waals surface area (Å²) in [5, 5.41) is 13.5. The van der Waals surface area contributed by atoms with Gasteiger partial charge in [0.2, 0.25) is 0 Å². The van der Waals surface area contributed by atoms with Gasteiger partial charge in [-0.1, -0.05) is 12.5 Å². The highest BCUT2D eigenvalue weighted by Crippen LogP contribution is 2.39. The lowest BCUT2D eigenvalue weighted by Gasteiger charge is -2.11. The van der Waals surface area contributed by atoms with Crippen LogP contribution in [0, 0.1) is 0 Å². The van der Waals surface area contributed by atoms with E-state index in [9.17, 15) is 27.9 Å². The topological polar surface area (TPSA) is 82.2 Å². The van der Waals surface area contributed by atoms with Crippen LogP contribution in [0.5, 0.6) is 5.75 Å². The number of benzene rings is 1. The minimum absolute atomic E-state index is 0.118. The summed E-state index contributed by atoms with van der Waals surface area (Å²) in [6, 6.07) is 4.10. The Bertz CT molecular complexity index is 1160. The van der Waals surface area contributed by atoms with Crippen LogP contribution in [0.4, 0.5) is 18.9 Å². The number of rotatable bonds is 2. The van der Waals surface area contributed by atoms with Crippen molar-refractivity contribution in [3.05, 3.63) is 56.2 Å². The molecule has 3 aromatic rings. The molecule has 5 nitrogen and oxygen atoms in total. The van der Waals surface area contributed by atoms with Crippen LogP contribution in [0.15, 0.2) is 29.1 Å². The van der Waals surface area contributed by atoms with E-state index < -0.39 is 34.5 Å². The van der Waals surface area contributed by atoms with Crippen LogP contribution >= 0.6 is 11.3 Å². The monoisotopic (exact) mass is 422 g/mol. The van der Waals surface area contributed by atoms with Crippen molar-refractivity contribution in [1.29, 1.82) is 0 Å². The number of nitrogens with one attached hydrogen (secondary N) is 2. The van der Waals surface area contributed by atoms with E-state index in [0.717, 1.165) is 60.7 Å². The Labute approximate surface area is 167 Å². The Hall–Kier alpha value is -2.81. The Kier molecular flexibility index (Phi) is 4.85. The molecular weight excluding hydrogens is 405 g/mol. The van der Waals surface area contributed by atoms with Crippen LogP contribution in [0.1, 0.15) is 45.6 Å². The van der Waals surface area contributed by atoms with Crippen LogP contribution in [0.25, 0.3) is 10.2 Å². The zero-order valence-corrected chi connectivity index (χ0v) is 16.0. The van der Waals surface area contributed by atoms with Crippen molar-refractivity contribution in [1.82, 2.24) is 4.98 Å². The highest BCUT2D eigenvalue weighted by Gasteiger charge is 2.31. The van der Waals surface area contributed by atoms with E-state index in [1.165, 1.54) is 17.4 Å². The van der Waals surface area contributed by atoms with Crippen LogP contribution in [0.3, 0.4) is 0 Å². The molecule has 1 aliphatic carbocycles. The molecule has 0 radical (unpaired) electrons. The van der Waals surface area contributed by atoms with Crippen molar-refractivity contribution in [2.45, 2.75) is 38.3 Å². The molecule has 3 N–H and O–H groups in total. The molecule has 0 aliphatic heterocycles. The van der Waals surface area contributed by atoms with E-state index in [1.54, 1.807) is 0 Å². The molecule has 2 heterocycles. The molecule has 0 bridgehead atoms. The lowest BCUT2D eigenvalue weighted by atomic mass is 10.0. The Morgan fingerprint density at radius 3 is 2.69 bits per heavy atom. The fourth-order valence-corrected chi connectivity index (χ4v) is 4.94. The van der Waals surface area contributed by atoms with Gasteiger partial charge in [-0.05, 0) is 49.4 Å². The van der Waals surface area contributed by atoms with Gasteiger partial charge >= 0.3 is 6.18 Å². The molecule has 9 heteroatoms. The number of pyridine rings is 1. The first-order valence-corrected chi connectivity index (χ1v) is 9.95. The standard InChI is InChI=1S/C20H17F3N2O3S/c21-20(22,23)10-5-4-6-11(9-10)24-17(27)15-16(26)14-12-7-2-1-3-8-13(12)29-19(14)25-18(15)28/h4-6,9H,1-3,7-8H2,(H,24,27)(H2,25,26,28).